The number of hydrogen-bond donors (Lipinski definition) is 0. The average Bonchev–Trinajstić information content (AvgIpc) is 2.79. The van der Waals surface area contributed by atoms with Gasteiger partial charge in [0.25, 0.3) is 0 Å². The number of rotatable bonds is 5. The molecule has 146 valence electrons. The van der Waals surface area contributed by atoms with Crippen LogP contribution in [0.1, 0.15) is 22.3 Å². The summed E-state index contributed by atoms with van der Waals surface area (Å²) < 4.78 is 2.19. The van der Waals surface area contributed by atoms with Crippen molar-refractivity contribution in [1.29, 1.82) is 0 Å². The molecule has 0 heterocycles. The molecule has 0 fully saturated rings. The van der Waals surface area contributed by atoms with E-state index in [1.165, 1.54) is 33.4 Å². The van der Waals surface area contributed by atoms with E-state index in [4.69, 9.17) is 0 Å². The average molecular weight is 516 g/mol. The van der Waals surface area contributed by atoms with Crippen LogP contribution in [0.4, 0.5) is 0 Å². The fraction of sp³-hybridized carbons (Fsp3) is 0. The lowest BCUT2D eigenvalue weighted by Crippen LogP contribution is -1.80. The summed E-state index contributed by atoms with van der Waals surface area (Å²) in [6, 6.07) is 34.0. The second kappa shape index (κ2) is 9.88. The molecule has 30 heavy (non-hydrogen) atoms. The predicted molar refractivity (Wildman–Crippen MR) is 138 cm³/mol. The molecule has 0 saturated carbocycles. The minimum absolute atomic E-state index is 1.10. The quantitative estimate of drug-likeness (QED) is 0.232. The van der Waals surface area contributed by atoms with E-state index in [0.29, 0.717) is 0 Å². The maximum absolute atomic E-state index is 3.47. The summed E-state index contributed by atoms with van der Waals surface area (Å²) in [5.74, 6) is 0. The van der Waals surface area contributed by atoms with Crippen molar-refractivity contribution in [3.05, 3.63) is 128 Å². The van der Waals surface area contributed by atoms with Gasteiger partial charge < -0.3 is 0 Å². The molecule has 0 nitrogen and oxygen atoms in total. The maximum Gasteiger partial charge on any atom is 0.0175 e. The Morgan fingerprint density at radius 2 is 0.567 bits per heavy atom. The third kappa shape index (κ3) is 5.69. The van der Waals surface area contributed by atoms with Crippen LogP contribution < -0.4 is 0 Å². The first-order valence-electron chi connectivity index (χ1n) is 9.73. The molecule has 0 aliphatic carbocycles. The molecular formula is C28H20Br2. The molecular weight excluding hydrogens is 496 g/mol. The van der Waals surface area contributed by atoms with E-state index in [-0.39, 0.29) is 0 Å². The van der Waals surface area contributed by atoms with Crippen LogP contribution in [-0.4, -0.2) is 0 Å². The van der Waals surface area contributed by atoms with E-state index in [2.05, 4.69) is 153 Å². The lowest BCUT2D eigenvalue weighted by Gasteiger charge is -2.04. The number of hydrogen-bond acceptors (Lipinski definition) is 0. The predicted octanol–water partition coefficient (Wildman–Crippen LogP) is 9.22. The van der Waals surface area contributed by atoms with Gasteiger partial charge in [0.1, 0.15) is 0 Å². The summed E-state index contributed by atoms with van der Waals surface area (Å²) in [4.78, 5) is 0. The standard InChI is InChI=1S/C28H20Br2/c29-27-17-9-23(10-18-27)3-1-21-5-13-25(14-6-21)26-15-7-22(8-16-26)2-4-24-11-19-28(30)20-12-24/h1-20H/b3-1+,4-2+. The number of benzene rings is 4. The summed E-state index contributed by atoms with van der Waals surface area (Å²) in [5, 5.41) is 0. The van der Waals surface area contributed by atoms with Crippen molar-refractivity contribution in [2.24, 2.45) is 0 Å². The van der Waals surface area contributed by atoms with Crippen LogP contribution in [0, 0.1) is 0 Å². The fourth-order valence-corrected chi connectivity index (χ4v) is 3.63. The van der Waals surface area contributed by atoms with E-state index in [1.54, 1.807) is 0 Å². The summed E-state index contributed by atoms with van der Waals surface area (Å²) >= 11 is 6.94. The molecule has 0 amide bonds. The highest BCUT2D eigenvalue weighted by molar-refractivity contribution is 9.10. The highest BCUT2D eigenvalue weighted by Crippen LogP contribution is 2.22. The summed E-state index contributed by atoms with van der Waals surface area (Å²) in [7, 11) is 0. The van der Waals surface area contributed by atoms with Crippen LogP contribution in [0.15, 0.2) is 106 Å². The molecule has 4 rings (SSSR count). The monoisotopic (exact) mass is 514 g/mol. The SMILES string of the molecule is Brc1ccc(/C=C/c2ccc(-c3ccc(/C=C/c4ccc(Br)cc4)cc3)cc2)cc1. The molecule has 0 aromatic heterocycles. The molecule has 0 unspecified atom stereocenters. The largest absolute Gasteiger partial charge is 0.0544 e. The summed E-state index contributed by atoms with van der Waals surface area (Å²) in [6.07, 6.45) is 8.55. The van der Waals surface area contributed by atoms with Gasteiger partial charge in [-0.15, -0.1) is 0 Å². The lowest BCUT2D eigenvalue weighted by molar-refractivity contribution is 1.58. The van der Waals surface area contributed by atoms with E-state index < -0.39 is 0 Å². The second-order valence-corrected chi connectivity index (χ2v) is 8.85. The maximum atomic E-state index is 3.47. The van der Waals surface area contributed by atoms with Crippen LogP contribution in [0.5, 0.6) is 0 Å². The van der Waals surface area contributed by atoms with Gasteiger partial charge in [-0.1, -0.05) is 129 Å². The van der Waals surface area contributed by atoms with Gasteiger partial charge in [0, 0.05) is 8.95 Å². The normalized spacial score (nSPS) is 11.4. The van der Waals surface area contributed by atoms with Crippen LogP contribution in [0.25, 0.3) is 35.4 Å². The first kappa shape index (κ1) is 20.6. The lowest BCUT2D eigenvalue weighted by atomic mass is 10.0. The fourth-order valence-electron chi connectivity index (χ4n) is 3.11. The van der Waals surface area contributed by atoms with E-state index in [1.807, 2.05) is 0 Å². The Labute approximate surface area is 194 Å². The van der Waals surface area contributed by atoms with Gasteiger partial charge in [0.05, 0.1) is 0 Å². The number of halogens is 2. The Hall–Kier alpha value is -2.68. The molecule has 2 heteroatoms. The van der Waals surface area contributed by atoms with E-state index >= 15 is 0 Å². The first-order chi connectivity index (χ1) is 14.7. The molecule has 0 atom stereocenters. The van der Waals surface area contributed by atoms with Gasteiger partial charge in [-0.3, -0.25) is 0 Å². The second-order valence-electron chi connectivity index (χ2n) is 7.01. The van der Waals surface area contributed by atoms with Gasteiger partial charge in [-0.2, -0.15) is 0 Å². The topological polar surface area (TPSA) is 0 Å². The molecule has 0 saturated heterocycles. The molecule has 0 bridgehead atoms. The molecule has 4 aromatic rings. The Kier molecular flexibility index (Phi) is 6.78. The highest BCUT2D eigenvalue weighted by atomic mass is 79.9. The molecule has 4 aromatic carbocycles. The molecule has 0 radical (unpaired) electrons. The third-order valence-electron chi connectivity index (χ3n) is 4.83. The van der Waals surface area contributed by atoms with Crippen molar-refractivity contribution in [1.82, 2.24) is 0 Å². The van der Waals surface area contributed by atoms with E-state index in [9.17, 15) is 0 Å². The van der Waals surface area contributed by atoms with Crippen molar-refractivity contribution in [2.45, 2.75) is 0 Å². The van der Waals surface area contributed by atoms with Gasteiger partial charge >= 0.3 is 0 Å². The van der Waals surface area contributed by atoms with Gasteiger partial charge in [-0.05, 0) is 57.6 Å². The zero-order chi connectivity index (χ0) is 20.8. The zero-order valence-corrected chi connectivity index (χ0v) is 19.5. The Morgan fingerprint density at radius 1 is 0.333 bits per heavy atom. The third-order valence-corrected chi connectivity index (χ3v) is 5.89. The Balaban J connectivity index is 1.42. The molecule has 0 N–H and O–H groups in total. The zero-order valence-electron chi connectivity index (χ0n) is 16.3. The van der Waals surface area contributed by atoms with Crippen molar-refractivity contribution in [3.63, 3.8) is 0 Å². The van der Waals surface area contributed by atoms with Crippen LogP contribution >= 0.6 is 31.9 Å². The summed E-state index contributed by atoms with van der Waals surface area (Å²) in [6.45, 7) is 0. The van der Waals surface area contributed by atoms with E-state index in [0.717, 1.165) is 8.95 Å². The highest BCUT2D eigenvalue weighted by Gasteiger charge is 1.98. The van der Waals surface area contributed by atoms with Crippen LogP contribution in [0.3, 0.4) is 0 Å². The van der Waals surface area contributed by atoms with Gasteiger partial charge in [-0.25, -0.2) is 0 Å². The van der Waals surface area contributed by atoms with Crippen molar-refractivity contribution >= 4 is 56.2 Å². The van der Waals surface area contributed by atoms with Crippen molar-refractivity contribution < 1.29 is 0 Å². The van der Waals surface area contributed by atoms with Crippen LogP contribution in [-0.2, 0) is 0 Å². The van der Waals surface area contributed by atoms with Crippen molar-refractivity contribution in [3.8, 4) is 11.1 Å². The molecule has 0 aliphatic heterocycles. The minimum atomic E-state index is 1.10. The summed E-state index contributed by atoms with van der Waals surface area (Å²) in [5.41, 5.74) is 7.20. The van der Waals surface area contributed by atoms with Crippen LogP contribution in [0.2, 0.25) is 0 Å². The minimum Gasteiger partial charge on any atom is -0.0544 e. The Bertz CT molecular complexity index is 1050. The molecule has 0 aliphatic rings. The van der Waals surface area contributed by atoms with Crippen molar-refractivity contribution in [2.75, 3.05) is 0 Å². The first-order valence-corrected chi connectivity index (χ1v) is 11.3. The Morgan fingerprint density at radius 3 is 0.833 bits per heavy atom. The smallest absolute Gasteiger partial charge is 0.0175 e. The van der Waals surface area contributed by atoms with Gasteiger partial charge in [0.2, 0.25) is 0 Å². The van der Waals surface area contributed by atoms with Gasteiger partial charge in [0.15, 0.2) is 0 Å². The molecule has 0 spiro atoms.